The first-order valence-corrected chi connectivity index (χ1v) is 7.09. The third kappa shape index (κ3) is 1.44. The summed E-state index contributed by atoms with van der Waals surface area (Å²) in [6.07, 6.45) is 0. The van der Waals surface area contributed by atoms with Crippen LogP contribution in [0.5, 0.6) is 0 Å². The first kappa shape index (κ1) is 10.9. The lowest BCUT2D eigenvalue weighted by molar-refractivity contribution is 1.48. The molecule has 0 bridgehead atoms. The summed E-state index contributed by atoms with van der Waals surface area (Å²) in [5.41, 5.74) is 4.21. The van der Waals surface area contributed by atoms with E-state index in [2.05, 4.69) is 53.5 Å². The van der Waals surface area contributed by atoms with E-state index in [0.717, 1.165) is 22.1 Å². The minimum atomic E-state index is 0.987. The molecule has 0 saturated heterocycles. The molecule has 1 N–H and O–H groups in total. The Morgan fingerprint density at radius 1 is 0.571 bits per heavy atom. The molecule has 0 amide bonds. The second kappa shape index (κ2) is 3.83. The van der Waals surface area contributed by atoms with Crippen LogP contribution in [-0.2, 0) is 0 Å². The fourth-order valence-electron chi connectivity index (χ4n) is 3.21. The molecule has 5 rings (SSSR count). The standard InChI is InChI=1S/C19H12N2/c1-2-7-15-14(6-1)20-16-10-8-12-4-3-5-13-9-11-17(21-15)19(16)18(12)13/h1-11,20H. The minimum Gasteiger partial charge on any atom is -0.353 e. The Hall–Kier alpha value is -2.87. The highest BCUT2D eigenvalue weighted by atomic mass is 14.8. The van der Waals surface area contributed by atoms with Crippen molar-refractivity contribution in [3.05, 3.63) is 66.7 Å². The summed E-state index contributed by atoms with van der Waals surface area (Å²) in [7, 11) is 0. The second-order valence-electron chi connectivity index (χ2n) is 5.41. The monoisotopic (exact) mass is 268 g/mol. The molecule has 0 aliphatic heterocycles. The quantitative estimate of drug-likeness (QED) is 0.419. The number of fused-ring (bicyclic) bond motifs is 1. The van der Waals surface area contributed by atoms with Crippen molar-refractivity contribution in [2.24, 2.45) is 0 Å². The molecule has 0 fully saturated rings. The topological polar surface area (TPSA) is 28.7 Å². The molecule has 0 atom stereocenters. The molecule has 4 aromatic carbocycles. The summed E-state index contributed by atoms with van der Waals surface area (Å²) in [6.45, 7) is 0. The van der Waals surface area contributed by atoms with Gasteiger partial charge in [-0.1, -0.05) is 42.5 Å². The van der Waals surface area contributed by atoms with Crippen molar-refractivity contribution in [1.82, 2.24) is 9.97 Å². The highest BCUT2D eigenvalue weighted by Gasteiger charge is 2.08. The first-order valence-electron chi connectivity index (χ1n) is 7.09. The number of hydrogen-bond acceptors (Lipinski definition) is 1. The minimum absolute atomic E-state index is 0.987. The van der Waals surface area contributed by atoms with Gasteiger partial charge in [-0.25, -0.2) is 4.98 Å². The van der Waals surface area contributed by atoms with Crippen LogP contribution in [0.1, 0.15) is 0 Å². The van der Waals surface area contributed by atoms with Gasteiger partial charge in [0.15, 0.2) is 0 Å². The number of benzene rings is 4. The summed E-state index contributed by atoms with van der Waals surface area (Å²) < 4.78 is 0. The van der Waals surface area contributed by atoms with Crippen LogP contribution in [0.25, 0.3) is 43.6 Å². The van der Waals surface area contributed by atoms with E-state index in [-0.39, 0.29) is 0 Å². The largest absolute Gasteiger partial charge is 0.353 e. The summed E-state index contributed by atoms with van der Waals surface area (Å²) >= 11 is 0. The highest BCUT2D eigenvalue weighted by molar-refractivity contribution is 6.21. The number of para-hydroxylation sites is 2. The Morgan fingerprint density at radius 2 is 1.38 bits per heavy atom. The number of nitrogens with one attached hydrogen (secondary N) is 1. The Labute approximate surface area is 121 Å². The smallest absolute Gasteiger partial charge is 0.0871 e. The molecule has 1 heterocycles. The van der Waals surface area contributed by atoms with Gasteiger partial charge in [-0.15, -0.1) is 0 Å². The molecule has 0 unspecified atom stereocenters. The molecule has 5 aromatic rings. The lowest BCUT2D eigenvalue weighted by atomic mass is 9.99. The lowest BCUT2D eigenvalue weighted by Crippen LogP contribution is -1.82. The van der Waals surface area contributed by atoms with Crippen LogP contribution in [0.4, 0.5) is 0 Å². The van der Waals surface area contributed by atoms with Crippen molar-refractivity contribution in [1.29, 1.82) is 0 Å². The maximum atomic E-state index is 4.86. The maximum Gasteiger partial charge on any atom is 0.0871 e. The van der Waals surface area contributed by atoms with Gasteiger partial charge in [-0.3, -0.25) is 0 Å². The van der Waals surface area contributed by atoms with Crippen LogP contribution in [0.3, 0.4) is 0 Å². The number of aromatic nitrogens is 2. The van der Waals surface area contributed by atoms with Crippen LogP contribution in [0.15, 0.2) is 66.7 Å². The second-order valence-corrected chi connectivity index (χ2v) is 5.41. The summed E-state index contributed by atoms with van der Waals surface area (Å²) in [5, 5.41) is 5.02. The van der Waals surface area contributed by atoms with E-state index in [4.69, 9.17) is 4.98 Å². The molecule has 2 heteroatoms. The average molecular weight is 268 g/mol. The van der Waals surface area contributed by atoms with Crippen LogP contribution < -0.4 is 0 Å². The van der Waals surface area contributed by atoms with Gasteiger partial charge >= 0.3 is 0 Å². The fraction of sp³-hybridized carbons (Fsp3) is 0. The molecular weight excluding hydrogens is 256 g/mol. The summed E-state index contributed by atoms with van der Waals surface area (Å²) in [4.78, 5) is 8.40. The van der Waals surface area contributed by atoms with E-state index in [1.54, 1.807) is 0 Å². The van der Waals surface area contributed by atoms with Crippen molar-refractivity contribution in [3.63, 3.8) is 0 Å². The van der Waals surface area contributed by atoms with Crippen molar-refractivity contribution >= 4 is 43.6 Å². The molecule has 0 spiro atoms. The van der Waals surface area contributed by atoms with Crippen LogP contribution in [-0.4, -0.2) is 9.97 Å². The predicted molar refractivity (Wildman–Crippen MR) is 88.6 cm³/mol. The van der Waals surface area contributed by atoms with Crippen molar-refractivity contribution in [3.8, 4) is 0 Å². The van der Waals surface area contributed by atoms with E-state index in [9.17, 15) is 0 Å². The van der Waals surface area contributed by atoms with E-state index in [0.29, 0.717) is 0 Å². The van der Waals surface area contributed by atoms with Crippen LogP contribution >= 0.6 is 0 Å². The van der Waals surface area contributed by atoms with Gasteiger partial charge in [0.25, 0.3) is 0 Å². The summed E-state index contributed by atoms with van der Waals surface area (Å²) in [6, 6.07) is 23.2. The lowest BCUT2D eigenvalue weighted by Gasteiger charge is -2.06. The van der Waals surface area contributed by atoms with Crippen molar-refractivity contribution < 1.29 is 0 Å². The van der Waals surface area contributed by atoms with Crippen molar-refractivity contribution in [2.75, 3.05) is 0 Å². The zero-order valence-electron chi connectivity index (χ0n) is 11.3. The number of nitrogens with zero attached hydrogens (tertiary/aromatic N) is 1. The number of aromatic amines is 1. The van der Waals surface area contributed by atoms with Gasteiger partial charge in [0.05, 0.1) is 16.6 Å². The maximum absolute atomic E-state index is 4.86. The Kier molecular flexibility index (Phi) is 1.98. The normalized spacial score (nSPS) is 11.8. The zero-order chi connectivity index (χ0) is 13.8. The van der Waals surface area contributed by atoms with Gasteiger partial charge in [-0.05, 0) is 35.0 Å². The molecule has 0 aliphatic rings. The van der Waals surface area contributed by atoms with E-state index in [1.165, 1.54) is 21.5 Å². The molecule has 0 radical (unpaired) electrons. The van der Waals surface area contributed by atoms with Crippen molar-refractivity contribution in [2.45, 2.75) is 0 Å². The summed E-state index contributed by atoms with van der Waals surface area (Å²) in [5.74, 6) is 0. The number of rotatable bonds is 0. The molecule has 1 aromatic heterocycles. The highest BCUT2D eigenvalue weighted by Crippen LogP contribution is 2.32. The van der Waals surface area contributed by atoms with Crippen LogP contribution in [0, 0.1) is 0 Å². The third-order valence-corrected chi connectivity index (χ3v) is 4.17. The van der Waals surface area contributed by atoms with Gasteiger partial charge in [0.1, 0.15) is 0 Å². The average Bonchev–Trinajstić information content (AvgIpc) is 2.70. The Bertz CT molecular complexity index is 1050. The van der Waals surface area contributed by atoms with E-state index < -0.39 is 0 Å². The van der Waals surface area contributed by atoms with E-state index >= 15 is 0 Å². The SMILES string of the molecule is c1cc2ccc3nc4ccccc4[nH]c4ccc(c1)c2c34. The predicted octanol–water partition coefficient (Wildman–Crippen LogP) is 5.02. The number of hydrogen-bond donors (Lipinski definition) is 1. The first-order chi connectivity index (χ1) is 10.4. The third-order valence-electron chi connectivity index (χ3n) is 4.17. The Morgan fingerprint density at radius 3 is 2.29 bits per heavy atom. The number of H-pyrrole nitrogens is 1. The van der Waals surface area contributed by atoms with Gasteiger partial charge < -0.3 is 4.98 Å². The Balaban J connectivity index is 2.20. The van der Waals surface area contributed by atoms with Gasteiger partial charge in [-0.2, -0.15) is 0 Å². The molecule has 21 heavy (non-hydrogen) atoms. The fourth-order valence-corrected chi connectivity index (χ4v) is 3.21. The molecule has 2 nitrogen and oxygen atoms in total. The van der Waals surface area contributed by atoms with Gasteiger partial charge in [0, 0.05) is 16.3 Å². The van der Waals surface area contributed by atoms with E-state index in [1.807, 2.05) is 18.2 Å². The molecular formula is C19H12N2. The van der Waals surface area contributed by atoms with Crippen LogP contribution in [0.2, 0.25) is 0 Å². The zero-order valence-corrected chi connectivity index (χ0v) is 11.3. The van der Waals surface area contributed by atoms with Gasteiger partial charge in [0.2, 0.25) is 0 Å². The molecule has 0 aliphatic carbocycles. The molecule has 0 saturated carbocycles. The molecule has 98 valence electrons.